The van der Waals surface area contributed by atoms with Gasteiger partial charge in [-0.1, -0.05) is 25.5 Å². The van der Waals surface area contributed by atoms with Gasteiger partial charge in [0.15, 0.2) is 0 Å². The lowest BCUT2D eigenvalue weighted by atomic mass is 10.1. The van der Waals surface area contributed by atoms with Crippen molar-refractivity contribution in [1.82, 2.24) is 10.6 Å². The molecule has 0 saturated carbocycles. The maximum absolute atomic E-state index is 12.4. The number of carbonyl (C=O) groups is 3. The number of nitrogens with one attached hydrogen (secondary N) is 2. The highest BCUT2D eigenvalue weighted by Crippen LogP contribution is 2.17. The Morgan fingerprint density at radius 2 is 1.78 bits per heavy atom. The molecule has 1 aromatic carbocycles. The number of benzene rings is 1. The van der Waals surface area contributed by atoms with Crippen molar-refractivity contribution in [3.8, 4) is 0 Å². The minimum Gasteiger partial charge on any atom is -0.481 e. The topological polar surface area (TPSA) is 109 Å². The molecule has 7 heteroatoms. The number of carboxylic acids is 1. The molecule has 144 valence electrons. The maximum atomic E-state index is 12.4. The van der Waals surface area contributed by atoms with Gasteiger partial charge in [0, 0.05) is 24.2 Å². The molecule has 0 aliphatic carbocycles. The Bertz CT molecular complexity index is 808. The van der Waals surface area contributed by atoms with Crippen molar-refractivity contribution in [2.24, 2.45) is 0 Å². The van der Waals surface area contributed by atoms with Gasteiger partial charge in [-0.2, -0.15) is 0 Å². The largest absolute Gasteiger partial charge is 0.481 e. The maximum Gasteiger partial charge on any atom is 0.311 e. The van der Waals surface area contributed by atoms with Gasteiger partial charge in [0.25, 0.3) is 11.8 Å². The van der Waals surface area contributed by atoms with Crippen LogP contribution in [0.2, 0.25) is 0 Å². The number of carboxylic acid groups (broad SMARTS) is 1. The molecular weight excluding hydrogens is 348 g/mol. The molecule has 2 aromatic rings. The Hall–Kier alpha value is -3.09. The quantitative estimate of drug-likeness (QED) is 0.587. The molecule has 1 heterocycles. The zero-order valence-electron chi connectivity index (χ0n) is 15.5. The number of carbonyl (C=O) groups excluding carboxylic acids is 2. The van der Waals surface area contributed by atoms with E-state index in [2.05, 4.69) is 17.6 Å². The average Bonchev–Trinajstić information content (AvgIpc) is 3.00. The van der Waals surface area contributed by atoms with Crippen LogP contribution in [0, 0.1) is 6.92 Å². The molecule has 0 radical (unpaired) electrons. The monoisotopic (exact) mass is 372 g/mol. The van der Waals surface area contributed by atoms with E-state index in [-0.39, 0.29) is 36.1 Å². The van der Waals surface area contributed by atoms with Crippen LogP contribution in [0.5, 0.6) is 0 Å². The molecule has 0 aliphatic rings. The SMILES string of the molecule is CCCCNC(=O)c1ccc(CNC(=O)c2c(C)coc2CC(=O)O)cc1. The van der Waals surface area contributed by atoms with Crippen molar-refractivity contribution in [1.29, 1.82) is 0 Å². The summed E-state index contributed by atoms with van der Waals surface area (Å²) < 4.78 is 5.18. The zero-order chi connectivity index (χ0) is 19.8. The summed E-state index contributed by atoms with van der Waals surface area (Å²) in [5, 5.41) is 14.5. The van der Waals surface area contributed by atoms with Crippen molar-refractivity contribution >= 4 is 17.8 Å². The van der Waals surface area contributed by atoms with Crippen LogP contribution in [-0.2, 0) is 17.8 Å². The normalized spacial score (nSPS) is 10.4. The van der Waals surface area contributed by atoms with Crippen molar-refractivity contribution in [2.45, 2.75) is 39.7 Å². The van der Waals surface area contributed by atoms with E-state index in [1.807, 2.05) is 0 Å². The molecule has 0 bridgehead atoms. The molecule has 0 atom stereocenters. The molecule has 27 heavy (non-hydrogen) atoms. The van der Waals surface area contributed by atoms with Gasteiger partial charge >= 0.3 is 5.97 Å². The summed E-state index contributed by atoms with van der Waals surface area (Å²) in [6.07, 6.45) is 2.98. The van der Waals surface area contributed by atoms with Crippen LogP contribution in [0.3, 0.4) is 0 Å². The summed E-state index contributed by atoms with van der Waals surface area (Å²) in [6, 6.07) is 6.97. The first-order chi connectivity index (χ1) is 12.9. The van der Waals surface area contributed by atoms with Gasteiger partial charge in [-0.25, -0.2) is 0 Å². The molecule has 0 unspecified atom stereocenters. The van der Waals surface area contributed by atoms with E-state index in [0.717, 1.165) is 18.4 Å². The Morgan fingerprint density at radius 1 is 1.07 bits per heavy atom. The summed E-state index contributed by atoms with van der Waals surface area (Å²) in [4.78, 5) is 35.2. The van der Waals surface area contributed by atoms with Gasteiger partial charge in [0.2, 0.25) is 0 Å². The summed E-state index contributed by atoms with van der Waals surface area (Å²) in [7, 11) is 0. The van der Waals surface area contributed by atoms with E-state index in [4.69, 9.17) is 9.52 Å². The second-order valence-electron chi connectivity index (χ2n) is 6.28. The first-order valence-electron chi connectivity index (χ1n) is 8.86. The van der Waals surface area contributed by atoms with E-state index in [1.165, 1.54) is 6.26 Å². The van der Waals surface area contributed by atoms with Gasteiger partial charge in [-0.05, 0) is 31.0 Å². The first kappa shape index (κ1) is 20.2. The molecule has 0 saturated heterocycles. The minimum atomic E-state index is -1.06. The summed E-state index contributed by atoms with van der Waals surface area (Å²) >= 11 is 0. The summed E-state index contributed by atoms with van der Waals surface area (Å²) in [5.41, 5.74) is 2.23. The number of hydrogen-bond acceptors (Lipinski definition) is 4. The third-order valence-electron chi connectivity index (χ3n) is 4.08. The summed E-state index contributed by atoms with van der Waals surface area (Å²) in [5.74, 6) is -1.44. The van der Waals surface area contributed by atoms with Gasteiger partial charge in [-0.15, -0.1) is 0 Å². The van der Waals surface area contributed by atoms with E-state index >= 15 is 0 Å². The lowest BCUT2D eigenvalue weighted by molar-refractivity contribution is -0.136. The number of aryl methyl sites for hydroxylation is 1. The molecule has 0 spiro atoms. The highest BCUT2D eigenvalue weighted by atomic mass is 16.4. The van der Waals surface area contributed by atoms with Crippen LogP contribution in [0.25, 0.3) is 0 Å². The number of furan rings is 1. The molecule has 3 N–H and O–H groups in total. The Labute approximate surface area is 157 Å². The van der Waals surface area contributed by atoms with Crippen LogP contribution in [0.15, 0.2) is 34.9 Å². The van der Waals surface area contributed by atoms with Crippen LogP contribution in [0.1, 0.15) is 57.4 Å². The number of amides is 2. The third kappa shape index (κ3) is 5.70. The summed E-state index contributed by atoms with van der Waals surface area (Å²) in [6.45, 7) is 4.66. The predicted molar refractivity (Wildman–Crippen MR) is 99.6 cm³/mol. The third-order valence-corrected chi connectivity index (χ3v) is 4.08. The molecule has 1 aromatic heterocycles. The standard InChI is InChI=1S/C20H24N2O5/c1-3-4-9-21-19(25)15-7-5-14(6-8-15)11-22-20(26)18-13(2)12-27-16(18)10-17(23)24/h5-8,12H,3-4,9-11H2,1-2H3,(H,21,25)(H,22,26)(H,23,24). The fourth-order valence-corrected chi connectivity index (χ4v) is 2.60. The molecule has 2 rings (SSSR count). The number of hydrogen-bond donors (Lipinski definition) is 3. The van der Waals surface area contributed by atoms with Crippen molar-refractivity contribution in [3.05, 3.63) is 58.5 Å². The first-order valence-corrected chi connectivity index (χ1v) is 8.86. The van der Waals surface area contributed by atoms with Crippen LogP contribution >= 0.6 is 0 Å². The van der Waals surface area contributed by atoms with E-state index in [9.17, 15) is 14.4 Å². The van der Waals surface area contributed by atoms with Crippen molar-refractivity contribution in [3.63, 3.8) is 0 Å². The molecule has 0 aliphatic heterocycles. The Morgan fingerprint density at radius 3 is 2.41 bits per heavy atom. The van der Waals surface area contributed by atoms with Crippen molar-refractivity contribution in [2.75, 3.05) is 6.54 Å². The highest BCUT2D eigenvalue weighted by Gasteiger charge is 2.20. The molecule has 7 nitrogen and oxygen atoms in total. The smallest absolute Gasteiger partial charge is 0.311 e. The fourth-order valence-electron chi connectivity index (χ4n) is 2.60. The van der Waals surface area contributed by atoms with Crippen molar-refractivity contribution < 1.29 is 23.9 Å². The molecule has 0 fully saturated rings. The van der Waals surface area contributed by atoms with Gasteiger partial charge in [0.05, 0.1) is 11.8 Å². The molecule has 2 amide bonds. The lowest BCUT2D eigenvalue weighted by Gasteiger charge is -2.08. The van der Waals surface area contributed by atoms with Crippen LogP contribution in [0.4, 0.5) is 0 Å². The van der Waals surface area contributed by atoms with E-state index in [1.54, 1.807) is 31.2 Å². The van der Waals surface area contributed by atoms with E-state index < -0.39 is 5.97 Å². The highest BCUT2D eigenvalue weighted by molar-refractivity contribution is 5.97. The molecular formula is C20H24N2O5. The minimum absolute atomic E-state index is 0.119. The Balaban J connectivity index is 1.95. The second kappa shape index (κ2) is 9.56. The number of aliphatic carboxylic acids is 1. The predicted octanol–water partition coefficient (Wildman–Crippen LogP) is 2.68. The van der Waals surface area contributed by atoms with Gasteiger partial charge in [0.1, 0.15) is 12.2 Å². The van der Waals surface area contributed by atoms with E-state index in [0.29, 0.717) is 17.7 Å². The number of rotatable bonds is 9. The average molecular weight is 372 g/mol. The van der Waals surface area contributed by atoms with Crippen LogP contribution < -0.4 is 10.6 Å². The number of unbranched alkanes of at least 4 members (excludes halogenated alkanes) is 1. The lowest BCUT2D eigenvalue weighted by Crippen LogP contribution is -2.25. The van der Waals surface area contributed by atoms with Crippen LogP contribution in [-0.4, -0.2) is 29.4 Å². The zero-order valence-corrected chi connectivity index (χ0v) is 15.5. The fraction of sp³-hybridized carbons (Fsp3) is 0.350. The van der Waals surface area contributed by atoms with Gasteiger partial charge < -0.3 is 20.2 Å². The second-order valence-corrected chi connectivity index (χ2v) is 6.28. The van der Waals surface area contributed by atoms with Gasteiger partial charge in [-0.3, -0.25) is 14.4 Å². The Kier molecular flexibility index (Phi) is 7.16.